The van der Waals surface area contributed by atoms with Crippen LogP contribution in [0.4, 0.5) is 14.5 Å². The average molecular weight is 192 g/mol. The highest BCUT2D eigenvalue weighted by Gasteiger charge is 2.01. The second-order valence-corrected chi connectivity index (χ2v) is 2.62. The van der Waals surface area contributed by atoms with Gasteiger partial charge in [-0.3, -0.25) is 0 Å². The average Bonchev–Trinajstić information content (AvgIpc) is 2.07. The Morgan fingerprint density at radius 3 is 2.75 bits per heavy atom. The molecule has 0 aromatic heterocycles. The van der Waals surface area contributed by atoms with Crippen LogP contribution in [0.1, 0.15) is 0 Å². The van der Waals surface area contributed by atoms with Crippen LogP contribution in [0.15, 0.2) is 18.2 Å². The first-order valence-electron chi connectivity index (χ1n) is 3.49. The zero-order chi connectivity index (χ0) is 8.97. The van der Waals surface area contributed by atoms with Gasteiger partial charge in [0.2, 0.25) is 0 Å². The van der Waals surface area contributed by atoms with Gasteiger partial charge in [-0.15, -0.1) is 11.6 Å². The van der Waals surface area contributed by atoms with Crippen molar-refractivity contribution in [3.8, 4) is 0 Å². The minimum absolute atomic E-state index is 0.149. The predicted molar refractivity (Wildman–Crippen MR) is 45.6 cm³/mol. The monoisotopic (exact) mass is 191 g/mol. The molecule has 0 spiro atoms. The molecule has 0 aliphatic carbocycles. The lowest BCUT2D eigenvalue weighted by atomic mass is 10.3. The van der Waals surface area contributed by atoms with Crippen molar-refractivity contribution in [2.24, 2.45) is 0 Å². The Balaban J connectivity index is 2.75. The molecule has 0 unspecified atom stereocenters. The highest BCUT2D eigenvalue weighted by Crippen LogP contribution is 2.14. The van der Waals surface area contributed by atoms with Gasteiger partial charge in [0.05, 0.1) is 5.69 Å². The van der Waals surface area contributed by atoms with E-state index < -0.39 is 11.6 Å². The van der Waals surface area contributed by atoms with Gasteiger partial charge in [0, 0.05) is 12.4 Å². The fraction of sp³-hybridized carbons (Fsp3) is 0.250. The van der Waals surface area contributed by atoms with Crippen LogP contribution in [0.5, 0.6) is 0 Å². The first-order chi connectivity index (χ1) is 5.74. The first-order valence-corrected chi connectivity index (χ1v) is 4.02. The first kappa shape index (κ1) is 9.26. The van der Waals surface area contributed by atoms with Crippen LogP contribution in [-0.4, -0.2) is 12.4 Å². The topological polar surface area (TPSA) is 12.0 Å². The van der Waals surface area contributed by atoms with Crippen LogP contribution >= 0.6 is 11.6 Å². The quantitative estimate of drug-likeness (QED) is 0.725. The number of rotatable bonds is 3. The van der Waals surface area contributed by atoms with E-state index >= 15 is 0 Å². The van der Waals surface area contributed by atoms with Gasteiger partial charge in [-0.05, 0) is 18.2 Å². The highest BCUT2D eigenvalue weighted by atomic mass is 35.5. The van der Waals surface area contributed by atoms with Crippen molar-refractivity contribution in [3.05, 3.63) is 29.8 Å². The summed E-state index contributed by atoms with van der Waals surface area (Å²) in [6, 6.07) is 3.25. The molecule has 0 amide bonds. The third-order valence-corrected chi connectivity index (χ3v) is 1.53. The third kappa shape index (κ3) is 2.34. The predicted octanol–water partition coefficient (Wildman–Crippen LogP) is 2.62. The molecule has 0 aliphatic rings. The number of nitrogens with one attached hydrogen (secondary N) is 1. The summed E-state index contributed by atoms with van der Waals surface area (Å²) in [4.78, 5) is 0. The number of benzene rings is 1. The summed E-state index contributed by atoms with van der Waals surface area (Å²) in [6.07, 6.45) is 0. The van der Waals surface area contributed by atoms with Crippen LogP contribution in [-0.2, 0) is 0 Å². The van der Waals surface area contributed by atoms with E-state index in [2.05, 4.69) is 5.32 Å². The van der Waals surface area contributed by atoms with Crippen molar-refractivity contribution in [3.63, 3.8) is 0 Å². The number of hydrogen-bond acceptors (Lipinski definition) is 1. The molecular formula is C8H8ClF2N. The van der Waals surface area contributed by atoms with Crippen LogP contribution in [0, 0.1) is 11.6 Å². The van der Waals surface area contributed by atoms with Crippen LogP contribution in [0.3, 0.4) is 0 Å². The van der Waals surface area contributed by atoms with Crippen molar-refractivity contribution >= 4 is 17.3 Å². The maximum absolute atomic E-state index is 12.8. The molecule has 0 radical (unpaired) electrons. The summed E-state index contributed by atoms with van der Waals surface area (Å²) in [6.45, 7) is 0.419. The standard InChI is InChI=1S/C8H8ClF2N/c9-3-4-12-8-5-6(10)1-2-7(8)11/h1-2,5,12H,3-4H2. The normalized spacial score (nSPS) is 9.92. The van der Waals surface area contributed by atoms with Gasteiger partial charge in [0.15, 0.2) is 0 Å². The lowest BCUT2D eigenvalue weighted by molar-refractivity contribution is 0.602. The molecule has 0 bridgehead atoms. The molecule has 1 nitrogen and oxygen atoms in total. The maximum Gasteiger partial charge on any atom is 0.146 e. The van der Waals surface area contributed by atoms with Gasteiger partial charge < -0.3 is 5.32 Å². The highest BCUT2D eigenvalue weighted by molar-refractivity contribution is 6.18. The Hall–Kier alpha value is -0.830. The molecule has 0 fully saturated rings. The lowest BCUT2D eigenvalue weighted by Gasteiger charge is -2.04. The Labute approximate surface area is 74.3 Å². The minimum atomic E-state index is -0.471. The second kappa shape index (κ2) is 4.26. The molecular weight excluding hydrogens is 184 g/mol. The van der Waals surface area contributed by atoms with Crippen molar-refractivity contribution in [1.29, 1.82) is 0 Å². The zero-order valence-corrected chi connectivity index (χ0v) is 7.04. The van der Waals surface area contributed by atoms with Crippen molar-refractivity contribution < 1.29 is 8.78 Å². The summed E-state index contributed by atoms with van der Waals surface area (Å²) in [5.41, 5.74) is 0.149. The molecule has 0 heterocycles. The summed E-state index contributed by atoms with van der Waals surface area (Å²) in [5.74, 6) is -0.578. The molecule has 0 saturated heterocycles. The molecule has 0 atom stereocenters. The molecule has 4 heteroatoms. The zero-order valence-electron chi connectivity index (χ0n) is 6.28. The summed E-state index contributed by atoms with van der Waals surface area (Å²) < 4.78 is 25.4. The number of anilines is 1. The van der Waals surface area contributed by atoms with E-state index in [0.29, 0.717) is 12.4 Å². The summed E-state index contributed by atoms with van der Waals surface area (Å²) >= 11 is 5.36. The van der Waals surface area contributed by atoms with E-state index in [0.717, 1.165) is 18.2 Å². The van der Waals surface area contributed by atoms with E-state index in [-0.39, 0.29) is 5.69 Å². The van der Waals surface area contributed by atoms with Gasteiger partial charge in [0.1, 0.15) is 11.6 Å². The van der Waals surface area contributed by atoms with Crippen molar-refractivity contribution in [1.82, 2.24) is 0 Å². The van der Waals surface area contributed by atoms with E-state index in [4.69, 9.17) is 11.6 Å². The lowest BCUT2D eigenvalue weighted by Crippen LogP contribution is -2.04. The van der Waals surface area contributed by atoms with E-state index in [1.807, 2.05) is 0 Å². The fourth-order valence-corrected chi connectivity index (χ4v) is 0.909. The Kier molecular flexibility index (Phi) is 3.29. The Morgan fingerprint density at radius 2 is 2.08 bits per heavy atom. The number of halogens is 3. The van der Waals surface area contributed by atoms with Gasteiger partial charge >= 0.3 is 0 Å². The SMILES string of the molecule is Fc1ccc(F)c(NCCCl)c1. The van der Waals surface area contributed by atoms with Crippen molar-refractivity contribution in [2.45, 2.75) is 0 Å². The maximum atomic E-state index is 12.8. The molecule has 0 aliphatic heterocycles. The smallest absolute Gasteiger partial charge is 0.146 e. The molecule has 1 aromatic carbocycles. The largest absolute Gasteiger partial charge is 0.381 e. The summed E-state index contributed by atoms with van der Waals surface area (Å²) in [7, 11) is 0. The van der Waals surface area contributed by atoms with Crippen LogP contribution in [0.25, 0.3) is 0 Å². The van der Waals surface area contributed by atoms with Gasteiger partial charge in [-0.1, -0.05) is 0 Å². The second-order valence-electron chi connectivity index (χ2n) is 2.24. The van der Waals surface area contributed by atoms with Gasteiger partial charge in [-0.2, -0.15) is 0 Å². The minimum Gasteiger partial charge on any atom is -0.381 e. The number of alkyl halides is 1. The molecule has 1 N–H and O–H groups in total. The summed E-state index contributed by atoms with van der Waals surface area (Å²) in [5, 5.41) is 2.66. The van der Waals surface area contributed by atoms with E-state index in [1.54, 1.807) is 0 Å². The van der Waals surface area contributed by atoms with Crippen LogP contribution < -0.4 is 5.32 Å². The Morgan fingerprint density at radius 1 is 1.33 bits per heavy atom. The molecule has 0 saturated carbocycles. The van der Waals surface area contributed by atoms with Gasteiger partial charge in [0.25, 0.3) is 0 Å². The molecule has 1 aromatic rings. The van der Waals surface area contributed by atoms with Crippen LogP contribution in [0.2, 0.25) is 0 Å². The van der Waals surface area contributed by atoms with E-state index in [9.17, 15) is 8.78 Å². The fourth-order valence-electron chi connectivity index (χ4n) is 0.815. The Bertz CT molecular complexity index is 265. The van der Waals surface area contributed by atoms with E-state index in [1.165, 1.54) is 0 Å². The molecule has 66 valence electrons. The van der Waals surface area contributed by atoms with Gasteiger partial charge in [-0.25, -0.2) is 8.78 Å². The number of hydrogen-bond donors (Lipinski definition) is 1. The molecule has 1 rings (SSSR count). The third-order valence-electron chi connectivity index (χ3n) is 1.34. The van der Waals surface area contributed by atoms with Crippen molar-refractivity contribution in [2.75, 3.05) is 17.7 Å². The molecule has 12 heavy (non-hydrogen) atoms.